The summed E-state index contributed by atoms with van der Waals surface area (Å²) in [6.45, 7) is 2.00. The average Bonchev–Trinajstić information content (AvgIpc) is 3.26. The van der Waals surface area contributed by atoms with Gasteiger partial charge in [-0.3, -0.25) is 0 Å². The zero-order valence-corrected chi connectivity index (χ0v) is 24.2. The van der Waals surface area contributed by atoms with Gasteiger partial charge in [0.05, 0.1) is 27.2 Å². The Labute approximate surface area is 231 Å². The summed E-state index contributed by atoms with van der Waals surface area (Å²) < 4.78 is 23.5. The number of hydrogen-bond donors (Lipinski definition) is 1. The molecular formula is C18H20Br2Cl4FNaO3. The van der Waals surface area contributed by atoms with Crippen molar-refractivity contribution in [3.8, 4) is 5.75 Å². The minimum atomic E-state index is -0.402. The Morgan fingerprint density at radius 3 is 1.72 bits per heavy atom. The predicted molar refractivity (Wildman–Crippen MR) is 124 cm³/mol. The van der Waals surface area contributed by atoms with Crippen molar-refractivity contribution in [2.24, 2.45) is 0 Å². The van der Waals surface area contributed by atoms with Gasteiger partial charge in [-0.1, -0.05) is 46.4 Å². The third-order valence-electron chi connectivity index (χ3n) is 2.97. The minimum Gasteiger partial charge on any atom is -1.00 e. The van der Waals surface area contributed by atoms with Gasteiger partial charge in [0.2, 0.25) is 0 Å². The zero-order valence-electron chi connectivity index (χ0n) is 17.0. The van der Waals surface area contributed by atoms with Gasteiger partial charge in [0.1, 0.15) is 11.6 Å². The average molecular weight is 628 g/mol. The number of aliphatic hydroxyl groups is 1. The van der Waals surface area contributed by atoms with Crippen LogP contribution in [0.5, 0.6) is 5.75 Å². The maximum absolute atomic E-state index is 12.4. The van der Waals surface area contributed by atoms with Crippen LogP contribution < -0.4 is 34.3 Å². The van der Waals surface area contributed by atoms with E-state index in [9.17, 15) is 4.39 Å². The van der Waals surface area contributed by atoms with Crippen molar-refractivity contribution in [3.63, 3.8) is 0 Å². The fourth-order valence-corrected chi connectivity index (χ4v) is 3.42. The van der Waals surface area contributed by atoms with E-state index in [-0.39, 0.29) is 36.0 Å². The largest absolute Gasteiger partial charge is 1.00 e. The van der Waals surface area contributed by atoms with E-state index >= 15 is 0 Å². The van der Waals surface area contributed by atoms with Gasteiger partial charge < -0.3 is 16.0 Å². The fourth-order valence-electron chi connectivity index (χ4n) is 1.69. The molecule has 1 aliphatic heterocycles. The van der Waals surface area contributed by atoms with Gasteiger partial charge in [0.15, 0.2) is 0 Å². The van der Waals surface area contributed by atoms with Crippen LogP contribution in [0.3, 0.4) is 0 Å². The van der Waals surface area contributed by atoms with Crippen molar-refractivity contribution in [1.29, 1.82) is 0 Å². The molecule has 1 saturated heterocycles. The molecule has 11 heteroatoms. The van der Waals surface area contributed by atoms with Crippen LogP contribution in [0.4, 0.5) is 4.39 Å². The van der Waals surface area contributed by atoms with Crippen molar-refractivity contribution in [1.82, 2.24) is 0 Å². The number of methoxy groups -OCH3 is 1. The maximum Gasteiger partial charge on any atom is 1.00 e. The van der Waals surface area contributed by atoms with E-state index in [2.05, 4.69) is 31.9 Å². The zero-order chi connectivity index (χ0) is 21.7. The third-order valence-corrected chi connectivity index (χ3v) is 6.28. The number of halogens is 7. The molecule has 29 heavy (non-hydrogen) atoms. The van der Waals surface area contributed by atoms with Gasteiger partial charge in [-0.25, -0.2) is 4.39 Å². The number of hydrogen-bond acceptors (Lipinski definition) is 3. The molecule has 0 aromatic heterocycles. The molecule has 0 radical (unpaired) electrons. The topological polar surface area (TPSA) is 38.7 Å². The molecule has 0 spiro atoms. The van der Waals surface area contributed by atoms with Crippen LogP contribution in [0.25, 0.3) is 0 Å². The second-order valence-electron chi connectivity index (χ2n) is 4.91. The van der Waals surface area contributed by atoms with Crippen LogP contribution in [-0.4, -0.2) is 32.5 Å². The standard InChI is InChI=1S/C7H5BrCl2O.C6H2BrCl2F.C4H8O.CH4O.Na.H/c1-11-4-2-5(8)7(10)6(9)3-4;7-4-1-3(10)2-5(8)6(4)9;1-2-4-5-3-1;1-2;;/h2-3H,1H3;1-2H;1-4H2;2H,1H3;;/q;;;;+1;-1. The summed E-state index contributed by atoms with van der Waals surface area (Å²) in [6, 6.07) is 5.84. The van der Waals surface area contributed by atoms with E-state index in [1.807, 2.05) is 0 Å². The fraction of sp³-hybridized carbons (Fsp3) is 0.333. The minimum absolute atomic E-state index is 0. The Morgan fingerprint density at radius 2 is 1.38 bits per heavy atom. The van der Waals surface area contributed by atoms with Crippen molar-refractivity contribution in [2.45, 2.75) is 12.8 Å². The molecule has 0 amide bonds. The van der Waals surface area contributed by atoms with E-state index in [4.69, 9.17) is 61.0 Å². The summed E-state index contributed by atoms with van der Waals surface area (Å²) in [5, 5.41) is 8.54. The van der Waals surface area contributed by atoms with Gasteiger partial charge in [0, 0.05) is 35.3 Å². The van der Waals surface area contributed by atoms with Gasteiger partial charge in [-0.05, 0) is 62.9 Å². The summed E-state index contributed by atoms with van der Waals surface area (Å²) >= 11 is 28.9. The molecule has 0 bridgehead atoms. The van der Waals surface area contributed by atoms with E-state index in [0.717, 1.165) is 30.9 Å². The SMILES string of the molecule is C1CCOC1.CO.COc1cc(Cl)c(Cl)c(Br)c1.Fc1cc(Cl)c(Cl)c(Br)c1.[H-].[Na+]. The molecule has 0 unspecified atom stereocenters. The molecule has 0 saturated carbocycles. The van der Waals surface area contributed by atoms with E-state index < -0.39 is 5.82 Å². The predicted octanol–water partition coefficient (Wildman–Crippen LogP) is 5.18. The van der Waals surface area contributed by atoms with Crippen LogP contribution in [0.1, 0.15) is 14.3 Å². The van der Waals surface area contributed by atoms with Gasteiger partial charge in [-0.15, -0.1) is 0 Å². The summed E-state index contributed by atoms with van der Waals surface area (Å²) in [7, 11) is 2.58. The Morgan fingerprint density at radius 1 is 0.931 bits per heavy atom. The molecule has 1 fully saturated rings. The number of rotatable bonds is 1. The molecule has 0 aliphatic carbocycles. The normalized spacial score (nSPS) is 11.5. The molecule has 3 rings (SSSR count). The van der Waals surface area contributed by atoms with Crippen molar-refractivity contribution < 1.29 is 50.0 Å². The Balaban J connectivity index is -0.000000355. The van der Waals surface area contributed by atoms with Gasteiger partial charge >= 0.3 is 29.6 Å². The van der Waals surface area contributed by atoms with Crippen molar-refractivity contribution in [3.05, 3.63) is 59.1 Å². The summed E-state index contributed by atoms with van der Waals surface area (Å²) in [6.07, 6.45) is 2.56. The Bertz CT molecular complexity index is 691. The van der Waals surface area contributed by atoms with E-state index in [0.29, 0.717) is 25.3 Å². The summed E-state index contributed by atoms with van der Waals surface area (Å²) in [5.74, 6) is 0.285. The maximum atomic E-state index is 12.4. The molecular weight excluding hydrogens is 608 g/mol. The van der Waals surface area contributed by atoms with Crippen LogP contribution in [-0.2, 0) is 4.74 Å². The second kappa shape index (κ2) is 18.8. The molecule has 160 valence electrons. The molecule has 3 nitrogen and oxygen atoms in total. The van der Waals surface area contributed by atoms with E-state index in [1.165, 1.54) is 18.9 Å². The van der Waals surface area contributed by atoms with E-state index in [1.54, 1.807) is 19.2 Å². The first-order chi connectivity index (χ1) is 13.3. The molecule has 0 atom stereocenters. The third kappa shape index (κ3) is 13.4. The number of ether oxygens (including phenoxy) is 2. The van der Waals surface area contributed by atoms with Gasteiger partial charge in [0.25, 0.3) is 0 Å². The Hall–Kier alpha value is 1.21. The molecule has 1 heterocycles. The molecule has 2 aromatic carbocycles. The first-order valence-corrected chi connectivity index (χ1v) is 10.9. The van der Waals surface area contributed by atoms with Crippen LogP contribution in [0.15, 0.2) is 33.2 Å². The quantitative estimate of drug-likeness (QED) is 0.269. The summed E-state index contributed by atoms with van der Waals surface area (Å²) in [4.78, 5) is 0. The molecule has 1 N–H and O–H groups in total. The number of aliphatic hydroxyl groups excluding tert-OH is 1. The first-order valence-electron chi connectivity index (χ1n) is 7.77. The number of benzene rings is 2. The van der Waals surface area contributed by atoms with Crippen LogP contribution >= 0.6 is 78.3 Å². The summed E-state index contributed by atoms with van der Waals surface area (Å²) in [5.41, 5.74) is 0. The second-order valence-corrected chi connectivity index (χ2v) is 8.19. The first kappa shape index (κ1) is 32.4. The molecule has 2 aromatic rings. The van der Waals surface area contributed by atoms with Crippen LogP contribution in [0.2, 0.25) is 20.1 Å². The van der Waals surface area contributed by atoms with Crippen LogP contribution in [0, 0.1) is 5.82 Å². The smallest absolute Gasteiger partial charge is 1.00 e. The van der Waals surface area contributed by atoms with Crippen molar-refractivity contribution in [2.75, 3.05) is 27.4 Å². The van der Waals surface area contributed by atoms with Crippen molar-refractivity contribution >= 4 is 78.3 Å². The molecule has 1 aliphatic rings. The Kier molecular flexibility index (Phi) is 20.9. The monoisotopic (exact) mass is 624 g/mol. The van der Waals surface area contributed by atoms with Gasteiger partial charge in [-0.2, -0.15) is 0 Å².